The Bertz CT molecular complexity index is 220. The van der Waals surface area contributed by atoms with Crippen LogP contribution >= 0.6 is 0 Å². The van der Waals surface area contributed by atoms with E-state index < -0.39 is 0 Å². The first-order valence-corrected chi connectivity index (χ1v) is 7.33. The molecule has 0 saturated heterocycles. The second-order valence-electron chi connectivity index (χ2n) is 6.71. The average Bonchev–Trinajstić information content (AvgIpc) is 2.26. The Labute approximate surface area is 94.8 Å². The van der Waals surface area contributed by atoms with E-state index in [4.69, 9.17) is 0 Å². The smallest absolute Gasteiger partial charge is 0.0380 e. The first-order valence-electron chi connectivity index (χ1n) is 7.33. The predicted molar refractivity (Wildman–Crippen MR) is 64.7 cm³/mol. The van der Waals surface area contributed by atoms with E-state index in [-0.39, 0.29) is 0 Å². The van der Waals surface area contributed by atoms with E-state index in [9.17, 15) is 0 Å². The summed E-state index contributed by atoms with van der Waals surface area (Å²) in [7, 11) is 0. The quantitative estimate of drug-likeness (QED) is 0.541. The Hall–Kier alpha value is 0. The molecule has 0 radical (unpaired) electrons. The maximum absolute atomic E-state index is 2.48. The lowest BCUT2D eigenvalue weighted by Crippen LogP contribution is -2.36. The molecule has 3 rings (SSSR count). The van der Waals surface area contributed by atoms with E-state index in [0.29, 0.717) is 0 Å². The SMILES string of the molecule is CC1CCC2CC3CCCCC3CC2C1. The van der Waals surface area contributed by atoms with Crippen LogP contribution in [0, 0.1) is 29.6 Å². The van der Waals surface area contributed by atoms with Gasteiger partial charge in [-0.1, -0.05) is 39.0 Å². The molecule has 3 aliphatic rings. The molecule has 0 N–H and O–H groups in total. The van der Waals surface area contributed by atoms with Gasteiger partial charge in [0.1, 0.15) is 0 Å². The minimum Gasteiger partial charge on any atom is -0.0625 e. The van der Waals surface area contributed by atoms with Gasteiger partial charge in [-0.25, -0.2) is 0 Å². The Kier molecular flexibility index (Phi) is 2.79. The van der Waals surface area contributed by atoms with Crippen molar-refractivity contribution in [1.82, 2.24) is 0 Å². The van der Waals surface area contributed by atoms with Crippen LogP contribution < -0.4 is 0 Å². The third-order valence-corrected chi connectivity index (χ3v) is 5.68. The summed E-state index contributed by atoms with van der Waals surface area (Å²) in [5.74, 6) is 5.60. The van der Waals surface area contributed by atoms with Gasteiger partial charge in [0.05, 0.1) is 0 Å². The van der Waals surface area contributed by atoms with Crippen molar-refractivity contribution < 1.29 is 0 Å². The Morgan fingerprint density at radius 2 is 1.20 bits per heavy atom. The van der Waals surface area contributed by atoms with Gasteiger partial charge < -0.3 is 0 Å². The molecule has 0 heteroatoms. The van der Waals surface area contributed by atoms with Gasteiger partial charge in [0.25, 0.3) is 0 Å². The van der Waals surface area contributed by atoms with Gasteiger partial charge in [-0.05, 0) is 55.3 Å². The molecule has 3 aliphatic carbocycles. The summed E-state index contributed by atoms with van der Waals surface area (Å²) < 4.78 is 0. The molecule has 0 nitrogen and oxygen atoms in total. The maximum Gasteiger partial charge on any atom is -0.0380 e. The van der Waals surface area contributed by atoms with Crippen molar-refractivity contribution in [3.8, 4) is 0 Å². The van der Waals surface area contributed by atoms with Gasteiger partial charge in [0.2, 0.25) is 0 Å². The fraction of sp³-hybridized carbons (Fsp3) is 1.00. The topological polar surface area (TPSA) is 0 Å². The molecular weight excluding hydrogens is 180 g/mol. The zero-order valence-electron chi connectivity index (χ0n) is 10.3. The molecule has 5 unspecified atom stereocenters. The lowest BCUT2D eigenvalue weighted by atomic mass is 9.59. The fourth-order valence-corrected chi connectivity index (χ4v) is 4.84. The van der Waals surface area contributed by atoms with Gasteiger partial charge in [-0.3, -0.25) is 0 Å². The molecule has 3 saturated carbocycles. The number of hydrogen-bond acceptors (Lipinski definition) is 0. The summed E-state index contributed by atoms with van der Waals surface area (Å²) in [5.41, 5.74) is 0. The lowest BCUT2D eigenvalue weighted by molar-refractivity contribution is 0.0377. The summed E-state index contributed by atoms with van der Waals surface area (Å²) in [6, 6.07) is 0. The molecule has 0 spiro atoms. The van der Waals surface area contributed by atoms with Gasteiger partial charge in [-0.2, -0.15) is 0 Å². The Morgan fingerprint density at radius 1 is 0.600 bits per heavy atom. The van der Waals surface area contributed by atoms with Crippen molar-refractivity contribution in [3.63, 3.8) is 0 Å². The Balaban J connectivity index is 1.67. The van der Waals surface area contributed by atoms with E-state index >= 15 is 0 Å². The van der Waals surface area contributed by atoms with Crippen LogP contribution in [-0.2, 0) is 0 Å². The van der Waals surface area contributed by atoms with Crippen molar-refractivity contribution in [1.29, 1.82) is 0 Å². The van der Waals surface area contributed by atoms with Crippen molar-refractivity contribution >= 4 is 0 Å². The van der Waals surface area contributed by atoms with E-state index in [0.717, 1.165) is 29.6 Å². The lowest BCUT2D eigenvalue weighted by Gasteiger charge is -2.47. The highest BCUT2D eigenvalue weighted by atomic mass is 14.4. The van der Waals surface area contributed by atoms with E-state index in [1.54, 1.807) is 38.5 Å². The van der Waals surface area contributed by atoms with Gasteiger partial charge in [0, 0.05) is 0 Å². The molecule has 0 aliphatic heterocycles. The van der Waals surface area contributed by atoms with Gasteiger partial charge in [-0.15, -0.1) is 0 Å². The minimum atomic E-state index is 1.03. The second kappa shape index (κ2) is 4.11. The monoisotopic (exact) mass is 206 g/mol. The first-order chi connectivity index (χ1) is 7.33. The van der Waals surface area contributed by atoms with Crippen LogP contribution in [0.25, 0.3) is 0 Å². The van der Waals surface area contributed by atoms with Crippen LogP contribution in [-0.4, -0.2) is 0 Å². The zero-order chi connectivity index (χ0) is 10.3. The van der Waals surface area contributed by atoms with Gasteiger partial charge >= 0.3 is 0 Å². The maximum atomic E-state index is 2.48. The molecule has 5 atom stereocenters. The highest BCUT2D eigenvalue weighted by molar-refractivity contribution is 4.90. The molecule has 3 fully saturated rings. The van der Waals surface area contributed by atoms with Crippen LogP contribution in [0.15, 0.2) is 0 Å². The van der Waals surface area contributed by atoms with Crippen molar-refractivity contribution in [2.45, 2.75) is 64.7 Å². The summed E-state index contributed by atoms with van der Waals surface area (Å²) >= 11 is 0. The molecule has 86 valence electrons. The van der Waals surface area contributed by atoms with Crippen LogP contribution in [0.3, 0.4) is 0 Å². The fourth-order valence-electron chi connectivity index (χ4n) is 4.84. The van der Waals surface area contributed by atoms with Crippen LogP contribution in [0.5, 0.6) is 0 Å². The number of rotatable bonds is 0. The van der Waals surface area contributed by atoms with Crippen molar-refractivity contribution in [2.75, 3.05) is 0 Å². The van der Waals surface area contributed by atoms with Gasteiger partial charge in [0.15, 0.2) is 0 Å². The van der Waals surface area contributed by atoms with Crippen LogP contribution in [0.1, 0.15) is 64.7 Å². The third kappa shape index (κ3) is 1.97. The normalized spacial score (nSPS) is 50.6. The highest BCUT2D eigenvalue weighted by Gasteiger charge is 2.39. The molecule has 0 aromatic rings. The van der Waals surface area contributed by atoms with E-state index in [1.165, 1.54) is 19.3 Å². The Morgan fingerprint density at radius 3 is 1.93 bits per heavy atom. The summed E-state index contributed by atoms with van der Waals surface area (Å²) in [5, 5.41) is 0. The van der Waals surface area contributed by atoms with E-state index in [1.807, 2.05) is 0 Å². The predicted octanol–water partition coefficient (Wildman–Crippen LogP) is 4.64. The van der Waals surface area contributed by atoms with E-state index in [2.05, 4.69) is 6.92 Å². The van der Waals surface area contributed by atoms with Crippen molar-refractivity contribution in [2.24, 2.45) is 29.6 Å². The minimum absolute atomic E-state index is 1.03. The summed E-state index contributed by atoms with van der Waals surface area (Å²) in [6.07, 6.45) is 14.1. The molecular formula is C15H26. The standard InChI is InChI=1S/C15H26/c1-11-6-7-14-9-12-4-2-3-5-13(12)10-15(14)8-11/h11-15H,2-10H2,1H3. The largest absolute Gasteiger partial charge is 0.0625 e. The molecule has 0 amide bonds. The van der Waals surface area contributed by atoms with Crippen molar-refractivity contribution in [3.05, 3.63) is 0 Å². The number of hydrogen-bond donors (Lipinski definition) is 0. The van der Waals surface area contributed by atoms with Crippen LogP contribution in [0.2, 0.25) is 0 Å². The third-order valence-electron chi connectivity index (χ3n) is 5.68. The second-order valence-corrected chi connectivity index (χ2v) is 6.71. The highest BCUT2D eigenvalue weighted by Crippen LogP contribution is 2.50. The number of fused-ring (bicyclic) bond motifs is 2. The van der Waals surface area contributed by atoms with Crippen LogP contribution in [0.4, 0.5) is 0 Å². The zero-order valence-corrected chi connectivity index (χ0v) is 10.3. The molecule has 0 aromatic heterocycles. The summed E-state index contributed by atoms with van der Waals surface area (Å²) in [6.45, 7) is 2.48. The molecule has 0 heterocycles. The molecule has 15 heavy (non-hydrogen) atoms. The molecule has 0 bridgehead atoms. The molecule has 0 aromatic carbocycles. The summed E-state index contributed by atoms with van der Waals surface area (Å²) in [4.78, 5) is 0. The average molecular weight is 206 g/mol. The first kappa shape index (κ1) is 10.2.